The molecule has 0 saturated carbocycles. The Hall–Kier alpha value is -1.87. The SMILES string of the molecule is C[C@H](N)c1cccnc1N1CCCc2ccccc2C1. The summed E-state index contributed by atoms with van der Waals surface area (Å²) in [5, 5.41) is 0. The van der Waals surface area contributed by atoms with Crippen LogP contribution in [-0.2, 0) is 13.0 Å². The lowest BCUT2D eigenvalue weighted by Gasteiger charge is -2.25. The molecule has 0 spiro atoms. The molecule has 0 radical (unpaired) electrons. The van der Waals surface area contributed by atoms with Gasteiger partial charge in [0.05, 0.1) is 0 Å². The van der Waals surface area contributed by atoms with Crippen LogP contribution in [0.15, 0.2) is 42.6 Å². The van der Waals surface area contributed by atoms with Gasteiger partial charge < -0.3 is 10.6 Å². The maximum atomic E-state index is 6.09. The first kappa shape index (κ1) is 13.1. The van der Waals surface area contributed by atoms with E-state index in [1.807, 2.05) is 19.2 Å². The van der Waals surface area contributed by atoms with Crippen LogP contribution in [0.3, 0.4) is 0 Å². The van der Waals surface area contributed by atoms with E-state index in [1.165, 1.54) is 11.1 Å². The lowest BCUT2D eigenvalue weighted by atomic mass is 10.0. The van der Waals surface area contributed by atoms with Gasteiger partial charge in [-0.15, -0.1) is 0 Å². The van der Waals surface area contributed by atoms with Crippen LogP contribution in [0.1, 0.15) is 36.1 Å². The van der Waals surface area contributed by atoms with Crippen LogP contribution >= 0.6 is 0 Å². The molecule has 1 aliphatic rings. The monoisotopic (exact) mass is 267 g/mol. The minimum atomic E-state index is 0.0113. The smallest absolute Gasteiger partial charge is 0.133 e. The molecule has 1 aliphatic heterocycles. The molecule has 0 fully saturated rings. The highest BCUT2D eigenvalue weighted by Gasteiger charge is 2.18. The molecule has 3 rings (SSSR count). The van der Waals surface area contributed by atoms with E-state index in [4.69, 9.17) is 5.73 Å². The summed E-state index contributed by atoms with van der Waals surface area (Å²) in [6.45, 7) is 3.98. The fourth-order valence-electron chi connectivity index (χ4n) is 2.91. The van der Waals surface area contributed by atoms with Crippen LogP contribution in [0, 0.1) is 0 Å². The molecule has 0 unspecified atom stereocenters. The number of rotatable bonds is 2. The zero-order chi connectivity index (χ0) is 13.9. The summed E-state index contributed by atoms with van der Waals surface area (Å²) >= 11 is 0. The average molecular weight is 267 g/mol. The maximum absolute atomic E-state index is 6.09. The Labute approximate surface area is 120 Å². The Morgan fingerprint density at radius 1 is 1.15 bits per heavy atom. The van der Waals surface area contributed by atoms with Crippen molar-refractivity contribution in [2.45, 2.75) is 32.4 Å². The molecule has 1 aromatic carbocycles. The fourth-order valence-corrected chi connectivity index (χ4v) is 2.91. The Kier molecular flexibility index (Phi) is 3.70. The van der Waals surface area contributed by atoms with E-state index in [0.29, 0.717) is 0 Å². The molecule has 0 bridgehead atoms. The van der Waals surface area contributed by atoms with Crippen LogP contribution in [0.5, 0.6) is 0 Å². The van der Waals surface area contributed by atoms with Gasteiger partial charge in [-0.2, -0.15) is 0 Å². The number of benzene rings is 1. The molecule has 3 heteroatoms. The summed E-state index contributed by atoms with van der Waals surface area (Å²) in [4.78, 5) is 6.95. The van der Waals surface area contributed by atoms with Crippen molar-refractivity contribution in [3.63, 3.8) is 0 Å². The van der Waals surface area contributed by atoms with Gasteiger partial charge >= 0.3 is 0 Å². The third kappa shape index (κ3) is 2.54. The zero-order valence-corrected chi connectivity index (χ0v) is 11.9. The molecule has 104 valence electrons. The first-order valence-corrected chi connectivity index (χ1v) is 7.28. The Balaban J connectivity index is 1.96. The summed E-state index contributed by atoms with van der Waals surface area (Å²) in [5.41, 5.74) is 10.1. The summed E-state index contributed by atoms with van der Waals surface area (Å²) in [7, 11) is 0. The van der Waals surface area contributed by atoms with E-state index in [9.17, 15) is 0 Å². The van der Waals surface area contributed by atoms with Crippen molar-refractivity contribution in [3.05, 3.63) is 59.3 Å². The van der Waals surface area contributed by atoms with Gasteiger partial charge in [0.25, 0.3) is 0 Å². The molecule has 20 heavy (non-hydrogen) atoms. The molecule has 0 aliphatic carbocycles. The van der Waals surface area contributed by atoms with Crippen LogP contribution in [0.25, 0.3) is 0 Å². The number of pyridine rings is 1. The van der Waals surface area contributed by atoms with Crippen LogP contribution < -0.4 is 10.6 Å². The predicted octanol–water partition coefficient (Wildman–Crippen LogP) is 3.05. The molecule has 2 N–H and O–H groups in total. The third-order valence-corrected chi connectivity index (χ3v) is 3.96. The van der Waals surface area contributed by atoms with Gasteiger partial charge in [0, 0.05) is 30.9 Å². The molecule has 1 aromatic heterocycles. The van der Waals surface area contributed by atoms with Crippen molar-refractivity contribution in [2.24, 2.45) is 5.73 Å². The summed E-state index contributed by atoms with van der Waals surface area (Å²) in [5.74, 6) is 1.04. The molecule has 0 saturated heterocycles. The topological polar surface area (TPSA) is 42.1 Å². The first-order chi connectivity index (χ1) is 9.75. The van der Waals surface area contributed by atoms with Crippen molar-refractivity contribution >= 4 is 5.82 Å². The van der Waals surface area contributed by atoms with Gasteiger partial charge in [-0.25, -0.2) is 4.98 Å². The van der Waals surface area contributed by atoms with Gasteiger partial charge in [-0.1, -0.05) is 30.3 Å². The molecule has 1 atom stereocenters. The highest BCUT2D eigenvalue weighted by molar-refractivity contribution is 5.50. The molecule has 2 aromatic rings. The fraction of sp³-hybridized carbons (Fsp3) is 0.353. The second-order valence-electron chi connectivity index (χ2n) is 5.50. The Bertz CT molecular complexity index is 592. The number of hydrogen-bond donors (Lipinski definition) is 1. The predicted molar refractivity (Wildman–Crippen MR) is 82.7 cm³/mol. The van der Waals surface area contributed by atoms with E-state index < -0.39 is 0 Å². The highest BCUT2D eigenvalue weighted by Crippen LogP contribution is 2.27. The Morgan fingerprint density at radius 2 is 1.95 bits per heavy atom. The molecular formula is C17H21N3. The number of hydrogen-bond acceptors (Lipinski definition) is 3. The molecule has 2 heterocycles. The van der Waals surface area contributed by atoms with Crippen molar-refractivity contribution in [2.75, 3.05) is 11.4 Å². The lowest BCUT2D eigenvalue weighted by molar-refractivity contribution is 0.730. The second kappa shape index (κ2) is 5.63. The van der Waals surface area contributed by atoms with E-state index >= 15 is 0 Å². The standard InChI is InChI=1S/C17H21N3/c1-13(18)16-9-4-10-19-17(16)20-11-5-8-14-6-2-3-7-15(14)12-20/h2-4,6-7,9-10,13H,5,8,11-12,18H2,1H3/t13-/m0/s1. The van der Waals surface area contributed by atoms with Crippen molar-refractivity contribution in [1.82, 2.24) is 4.98 Å². The van der Waals surface area contributed by atoms with Gasteiger partial charge in [0.2, 0.25) is 0 Å². The number of anilines is 1. The normalized spacial score (nSPS) is 16.4. The maximum Gasteiger partial charge on any atom is 0.133 e. The lowest BCUT2D eigenvalue weighted by Crippen LogP contribution is -2.26. The molecule has 0 amide bonds. The second-order valence-corrected chi connectivity index (χ2v) is 5.50. The first-order valence-electron chi connectivity index (χ1n) is 7.28. The van der Waals surface area contributed by atoms with Crippen LogP contribution in [0.4, 0.5) is 5.82 Å². The molecular weight excluding hydrogens is 246 g/mol. The van der Waals surface area contributed by atoms with Crippen molar-refractivity contribution < 1.29 is 0 Å². The number of aromatic nitrogens is 1. The van der Waals surface area contributed by atoms with Crippen molar-refractivity contribution in [3.8, 4) is 0 Å². The highest BCUT2D eigenvalue weighted by atomic mass is 15.2. The molecule has 3 nitrogen and oxygen atoms in total. The third-order valence-electron chi connectivity index (χ3n) is 3.96. The largest absolute Gasteiger partial charge is 0.352 e. The number of fused-ring (bicyclic) bond motifs is 1. The minimum absolute atomic E-state index is 0.0113. The quantitative estimate of drug-likeness (QED) is 0.909. The summed E-state index contributed by atoms with van der Waals surface area (Å²) in [6, 6.07) is 12.8. The number of nitrogens with two attached hydrogens (primary N) is 1. The summed E-state index contributed by atoms with van der Waals surface area (Å²) < 4.78 is 0. The van der Waals surface area contributed by atoms with Crippen LogP contribution in [-0.4, -0.2) is 11.5 Å². The number of aryl methyl sites for hydroxylation is 1. The van der Waals surface area contributed by atoms with Gasteiger partial charge in [0.1, 0.15) is 5.82 Å². The van der Waals surface area contributed by atoms with Gasteiger partial charge in [-0.3, -0.25) is 0 Å². The number of nitrogens with zero attached hydrogens (tertiary/aromatic N) is 2. The van der Waals surface area contributed by atoms with Crippen molar-refractivity contribution in [1.29, 1.82) is 0 Å². The average Bonchev–Trinajstić information content (AvgIpc) is 2.69. The van der Waals surface area contributed by atoms with Gasteiger partial charge in [-0.05, 0) is 37.0 Å². The summed E-state index contributed by atoms with van der Waals surface area (Å²) in [6.07, 6.45) is 4.16. The van der Waals surface area contributed by atoms with E-state index in [0.717, 1.165) is 37.3 Å². The van der Waals surface area contributed by atoms with E-state index in [-0.39, 0.29) is 6.04 Å². The van der Waals surface area contributed by atoms with Gasteiger partial charge in [0.15, 0.2) is 0 Å². The zero-order valence-electron chi connectivity index (χ0n) is 11.9. The van der Waals surface area contributed by atoms with Crippen LogP contribution in [0.2, 0.25) is 0 Å². The minimum Gasteiger partial charge on any atom is -0.352 e. The Morgan fingerprint density at radius 3 is 2.75 bits per heavy atom. The van der Waals surface area contributed by atoms with E-state index in [2.05, 4.69) is 40.2 Å². The van der Waals surface area contributed by atoms with E-state index in [1.54, 1.807) is 0 Å².